The summed E-state index contributed by atoms with van der Waals surface area (Å²) >= 11 is 1.44. The Kier molecular flexibility index (Phi) is 1.43. The minimum absolute atomic E-state index is 0.222. The number of rotatable bonds is 1. The van der Waals surface area contributed by atoms with Gasteiger partial charge in [-0.3, -0.25) is 0 Å². The highest BCUT2D eigenvalue weighted by molar-refractivity contribution is 7.12. The number of thiophene rings is 1. The summed E-state index contributed by atoms with van der Waals surface area (Å²) in [5.41, 5.74) is -0.222. The van der Waals surface area contributed by atoms with Crippen LogP contribution < -0.4 is 0 Å². The van der Waals surface area contributed by atoms with Crippen LogP contribution in [0.4, 0.5) is 0 Å². The van der Waals surface area contributed by atoms with Crippen molar-refractivity contribution >= 4 is 11.3 Å². The van der Waals surface area contributed by atoms with E-state index in [0.717, 1.165) is 17.7 Å². The minimum atomic E-state index is -0.222. The summed E-state index contributed by atoms with van der Waals surface area (Å²) < 4.78 is 0. The van der Waals surface area contributed by atoms with Crippen LogP contribution in [0.5, 0.6) is 0 Å². The van der Waals surface area contributed by atoms with Gasteiger partial charge in [-0.25, -0.2) is 0 Å². The summed E-state index contributed by atoms with van der Waals surface area (Å²) in [6.45, 7) is 0. The molecule has 0 aliphatic heterocycles. The Morgan fingerprint density at radius 1 is 1.33 bits per heavy atom. The second-order valence-corrected chi connectivity index (χ2v) is 4.05. The molecule has 0 radical (unpaired) electrons. The normalized spacial score (nSPS) is 17.8. The van der Waals surface area contributed by atoms with Crippen LogP contribution in [0.1, 0.15) is 22.6 Å². The largest absolute Gasteiger partial charge is 0.197 e. The van der Waals surface area contributed by atoms with Gasteiger partial charge in [-0.05, 0) is 25.0 Å². The first-order chi connectivity index (χ1) is 5.80. The average Bonchev–Trinajstić information content (AvgIpc) is 2.77. The molecule has 0 aromatic carbocycles. The molecule has 0 saturated heterocycles. The highest BCUT2D eigenvalue weighted by Gasteiger charge is 2.46. The lowest BCUT2D eigenvalue weighted by Gasteiger charge is -1.97. The second kappa shape index (κ2) is 2.33. The molecule has 0 unspecified atom stereocenters. The van der Waals surface area contributed by atoms with Crippen LogP contribution in [-0.4, -0.2) is 0 Å². The summed E-state index contributed by atoms with van der Waals surface area (Å²) in [7, 11) is 0. The molecule has 1 aromatic rings. The first-order valence-electron chi connectivity index (χ1n) is 3.72. The van der Waals surface area contributed by atoms with Crippen LogP contribution in [0.25, 0.3) is 0 Å². The molecule has 1 aliphatic carbocycles. The number of nitriles is 2. The lowest BCUT2D eigenvalue weighted by Crippen LogP contribution is -1.97. The molecule has 1 aliphatic rings. The zero-order valence-electron chi connectivity index (χ0n) is 6.37. The molecular weight excluding hydrogens is 168 g/mol. The number of hydrogen-bond donors (Lipinski definition) is 0. The van der Waals surface area contributed by atoms with Crippen LogP contribution in [0, 0.1) is 22.7 Å². The summed E-state index contributed by atoms with van der Waals surface area (Å²) in [5.74, 6) is 0. The Morgan fingerprint density at radius 3 is 2.50 bits per heavy atom. The van der Waals surface area contributed by atoms with Gasteiger partial charge >= 0.3 is 0 Å². The maximum Gasteiger partial charge on any atom is 0.110 e. The molecular formula is C9H6N2S. The van der Waals surface area contributed by atoms with Crippen molar-refractivity contribution < 1.29 is 0 Å². The van der Waals surface area contributed by atoms with Crippen molar-refractivity contribution in [1.82, 2.24) is 0 Å². The molecule has 0 atom stereocenters. The fourth-order valence-corrected chi connectivity index (χ4v) is 2.19. The molecule has 12 heavy (non-hydrogen) atoms. The molecule has 58 valence electrons. The van der Waals surface area contributed by atoms with Gasteiger partial charge < -0.3 is 0 Å². The summed E-state index contributed by atoms with van der Waals surface area (Å²) in [6, 6.07) is 8.08. The smallest absolute Gasteiger partial charge is 0.110 e. The van der Waals surface area contributed by atoms with E-state index in [1.54, 1.807) is 6.07 Å². The maximum atomic E-state index is 8.87. The predicted octanol–water partition coefficient (Wildman–Crippen LogP) is 2.17. The van der Waals surface area contributed by atoms with Gasteiger partial charge in [-0.1, -0.05) is 0 Å². The van der Waals surface area contributed by atoms with E-state index in [1.165, 1.54) is 11.3 Å². The van der Waals surface area contributed by atoms with Crippen LogP contribution in [0.15, 0.2) is 12.1 Å². The van der Waals surface area contributed by atoms with E-state index in [-0.39, 0.29) is 5.41 Å². The van der Waals surface area contributed by atoms with Crippen molar-refractivity contribution in [3.8, 4) is 12.1 Å². The molecule has 1 saturated carbocycles. The van der Waals surface area contributed by atoms with Crippen LogP contribution in [-0.2, 0) is 5.41 Å². The van der Waals surface area contributed by atoms with Crippen molar-refractivity contribution in [2.24, 2.45) is 0 Å². The molecule has 1 heterocycles. The molecule has 0 amide bonds. The third-order valence-electron chi connectivity index (χ3n) is 2.15. The van der Waals surface area contributed by atoms with E-state index in [2.05, 4.69) is 12.1 Å². The first-order valence-corrected chi connectivity index (χ1v) is 4.54. The molecule has 0 bridgehead atoms. The van der Waals surface area contributed by atoms with Crippen LogP contribution in [0.2, 0.25) is 0 Å². The zero-order valence-corrected chi connectivity index (χ0v) is 7.19. The van der Waals surface area contributed by atoms with Gasteiger partial charge in [-0.15, -0.1) is 11.3 Å². The molecule has 1 aromatic heterocycles. The lowest BCUT2D eigenvalue weighted by molar-refractivity contribution is 0.937. The third-order valence-corrected chi connectivity index (χ3v) is 3.35. The van der Waals surface area contributed by atoms with Gasteiger partial charge in [0.2, 0.25) is 0 Å². The summed E-state index contributed by atoms with van der Waals surface area (Å²) in [5, 5.41) is 17.5. The fourth-order valence-electron chi connectivity index (χ4n) is 1.19. The van der Waals surface area contributed by atoms with E-state index in [4.69, 9.17) is 10.5 Å². The third kappa shape index (κ3) is 0.913. The Labute approximate surface area is 74.7 Å². The van der Waals surface area contributed by atoms with Gasteiger partial charge in [0.25, 0.3) is 0 Å². The maximum absolute atomic E-state index is 8.87. The predicted molar refractivity (Wildman–Crippen MR) is 45.6 cm³/mol. The molecule has 2 rings (SSSR count). The first kappa shape index (κ1) is 7.34. The summed E-state index contributed by atoms with van der Waals surface area (Å²) in [6.07, 6.45) is 1.91. The van der Waals surface area contributed by atoms with Crippen molar-refractivity contribution in [2.75, 3.05) is 0 Å². The topological polar surface area (TPSA) is 47.6 Å². The fraction of sp³-hybridized carbons (Fsp3) is 0.333. The zero-order chi connectivity index (χ0) is 8.60. The van der Waals surface area contributed by atoms with E-state index in [1.807, 2.05) is 6.07 Å². The Balaban J connectivity index is 2.38. The van der Waals surface area contributed by atoms with E-state index in [0.29, 0.717) is 4.88 Å². The van der Waals surface area contributed by atoms with Crippen molar-refractivity contribution in [3.05, 3.63) is 21.9 Å². The quantitative estimate of drug-likeness (QED) is 0.655. The van der Waals surface area contributed by atoms with Gasteiger partial charge in [0.15, 0.2) is 0 Å². The highest BCUT2D eigenvalue weighted by atomic mass is 32.1. The molecule has 1 fully saturated rings. The number of hydrogen-bond acceptors (Lipinski definition) is 3. The Morgan fingerprint density at radius 2 is 2.08 bits per heavy atom. The summed E-state index contributed by atoms with van der Waals surface area (Å²) in [4.78, 5) is 1.76. The number of nitrogens with zero attached hydrogens (tertiary/aromatic N) is 2. The van der Waals surface area contributed by atoms with Crippen LogP contribution >= 0.6 is 11.3 Å². The highest BCUT2D eigenvalue weighted by Crippen LogP contribution is 2.49. The van der Waals surface area contributed by atoms with Crippen molar-refractivity contribution in [2.45, 2.75) is 18.3 Å². The van der Waals surface area contributed by atoms with Crippen molar-refractivity contribution in [3.63, 3.8) is 0 Å². The van der Waals surface area contributed by atoms with Gasteiger partial charge in [-0.2, -0.15) is 10.5 Å². The lowest BCUT2D eigenvalue weighted by atomic mass is 10.1. The van der Waals surface area contributed by atoms with E-state index in [9.17, 15) is 0 Å². The van der Waals surface area contributed by atoms with Crippen molar-refractivity contribution in [1.29, 1.82) is 10.5 Å². The minimum Gasteiger partial charge on any atom is -0.197 e. The SMILES string of the molecule is N#Cc1ccc(C2(C#N)CC2)s1. The average molecular weight is 174 g/mol. The molecule has 0 spiro atoms. The van der Waals surface area contributed by atoms with Crippen LogP contribution in [0.3, 0.4) is 0 Å². The monoisotopic (exact) mass is 174 g/mol. The van der Waals surface area contributed by atoms with Gasteiger partial charge in [0.1, 0.15) is 10.9 Å². The molecule has 2 nitrogen and oxygen atoms in total. The Bertz CT molecular complexity index is 387. The van der Waals surface area contributed by atoms with Gasteiger partial charge in [0, 0.05) is 4.88 Å². The second-order valence-electron chi connectivity index (χ2n) is 2.97. The molecule has 0 N–H and O–H groups in total. The Hall–Kier alpha value is -1.32. The van der Waals surface area contributed by atoms with E-state index >= 15 is 0 Å². The van der Waals surface area contributed by atoms with Gasteiger partial charge in [0.05, 0.1) is 11.5 Å². The standard InChI is InChI=1S/C9H6N2S/c10-5-7-1-2-8(12-7)9(6-11)3-4-9/h1-2H,3-4H2. The molecule has 3 heteroatoms. The van der Waals surface area contributed by atoms with E-state index < -0.39 is 0 Å².